The highest BCUT2D eigenvalue weighted by atomic mass is 32.1. The van der Waals surface area contributed by atoms with Crippen LogP contribution in [0, 0.1) is 6.92 Å². The Morgan fingerprint density at radius 3 is 2.84 bits per heavy atom. The molecule has 0 saturated carbocycles. The van der Waals surface area contributed by atoms with Gasteiger partial charge >= 0.3 is 5.97 Å². The lowest BCUT2D eigenvalue weighted by Gasteiger charge is -2.05. The van der Waals surface area contributed by atoms with Gasteiger partial charge in [0.1, 0.15) is 6.54 Å². The number of nitrogens with one attached hydrogen (secondary N) is 1. The SMILES string of the molecule is COC(=O)c1nc(NC(=O)Cn2ncc3ccccc3c2=O)sc1C. The minimum absolute atomic E-state index is 0.156. The summed E-state index contributed by atoms with van der Waals surface area (Å²) in [5.74, 6) is -1.03. The maximum atomic E-state index is 12.3. The van der Waals surface area contributed by atoms with Gasteiger partial charge in [-0.2, -0.15) is 5.10 Å². The normalized spacial score (nSPS) is 10.6. The van der Waals surface area contributed by atoms with Crippen molar-refractivity contribution in [1.29, 1.82) is 0 Å². The molecule has 0 saturated heterocycles. The number of carbonyl (C=O) groups is 2. The van der Waals surface area contributed by atoms with Gasteiger partial charge in [0.15, 0.2) is 10.8 Å². The fourth-order valence-electron chi connectivity index (χ4n) is 2.27. The topological polar surface area (TPSA) is 103 Å². The zero-order valence-corrected chi connectivity index (χ0v) is 14.3. The fourth-order valence-corrected chi connectivity index (χ4v) is 3.09. The number of aromatic nitrogens is 3. The first-order chi connectivity index (χ1) is 12.0. The molecule has 25 heavy (non-hydrogen) atoms. The van der Waals surface area contributed by atoms with Gasteiger partial charge in [-0.1, -0.05) is 18.2 Å². The summed E-state index contributed by atoms with van der Waals surface area (Å²) < 4.78 is 5.71. The van der Waals surface area contributed by atoms with Gasteiger partial charge in [0, 0.05) is 10.3 Å². The van der Waals surface area contributed by atoms with Crippen LogP contribution in [0.4, 0.5) is 5.13 Å². The number of fused-ring (bicyclic) bond motifs is 1. The number of rotatable bonds is 4. The zero-order chi connectivity index (χ0) is 18.0. The largest absolute Gasteiger partial charge is 0.464 e. The maximum Gasteiger partial charge on any atom is 0.357 e. The highest BCUT2D eigenvalue weighted by molar-refractivity contribution is 7.16. The third-order valence-electron chi connectivity index (χ3n) is 3.48. The molecule has 0 spiro atoms. The molecule has 0 bridgehead atoms. The average Bonchev–Trinajstić information content (AvgIpc) is 2.97. The van der Waals surface area contributed by atoms with E-state index in [0.717, 1.165) is 16.0 Å². The van der Waals surface area contributed by atoms with E-state index in [1.807, 2.05) is 6.07 Å². The van der Waals surface area contributed by atoms with E-state index in [9.17, 15) is 14.4 Å². The molecule has 0 fully saturated rings. The van der Waals surface area contributed by atoms with Gasteiger partial charge in [0.2, 0.25) is 5.91 Å². The first kappa shape index (κ1) is 16.8. The van der Waals surface area contributed by atoms with E-state index in [-0.39, 0.29) is 22.9 Å². The van der Waals surface area contributed by atoms with Crippen molar-refractivity contribution in [2.24, 2.45) is 0 Å². The Labute approximate surface area is 146 Å². The van der Waals surface area contributed by atoms with Gasteiger partial charge in [-0.15, -0.1) is 11.3 Å². The summed E-state index contributed by atoms with van der Waals surface area (Å²) in [6.45, 7) is 1.45. The van der Waals surface area contributed by atoms with Crippen molar-refractivity contribution in [2.75, 3.05) is 12.4 Å². The number of aryl methyl sites for hydroxylation is 1. The Hall–Kier alpha value is -3.07. The van der Waals surface area contributed by atoms with E-state index in [2.05, 4.69) is 20.1 Å². The standard InChI is InChI=1S/C16H14N4O4S/c1-9-13(15(23)24-2)19-16(25-9)18-12(21)8-20-14(22)11-6-4-3-5-10(11)7-17-20/h3-7H,8H2,1-2H3,(H,18,19,21). The second-order valence-corrected chi connectivity index (χ2v) is 6.36. The quantitative estimate of drug-likeness (QED) is 0.711. The molecule has 9 heteroatoms. The molecule has 8 nitrogen and oxygen atoms in total. The van der Waals surface area contributed by atoms with Crippen LogP contribution in [-0.2, 0) is 16.1 Å². The molecule has 2 aromatic heterocycles. The number of benzene rings is 1. The van der Waals surface area contributed by atoms with Crippen molar-refractivity contribution >= 4 is 39.1 Å². The van der Waals surface area contributed by atoms with Crippen LogP contribution in [0.1, 0.15) is 15.4 Å². The molecule has 1 N–H and O–H groups in total. The molecule has 3 aromatic rings. The van der Waals surface area contributed by atoms with E-state index in [4.69, 9.17) is 0 Å². The number of hydrogen-bond donors (Lipinski definition) is 1. The van der Waals surface area contributed by atoms with Gasteiger partial charge in [0.25, 0.3) is 5.56 Å². The number of anilines is 1. The van der Waals surface area contributed by atoms with Crippen LogP contribution in [0.3, 0.4) is 0 Å². The number of amides is 1. The molecular weight excluding hydrogens is 344 g/mol. The summed E-state index contributed by atoms with van der Waals surface area (Å²) in [4.78, 5) is 40.7. The number of nitrogens with zero attached hydrogens (tertiary/aromatic N) is 3. The van der Waals surface area contributed by atoms with Crippen LogP contribution < -0.4 is 10.9 Å². The van der Waals surface area contributed by atoms with Crippen molar-refractivity contribution in [1.82, 2.24) is 14.8 Å². The summed E-state index contributed by atoms with van der Waals surface area (Å²) in [5.41, 5.74) is -0.192. The Kier molecular flexibility index (Phi) is 4.57. The number of carbonyl (C=O) groups excluding carboxylic acids is 2. The van der Waals surface area contributed by atoms with Gasteiger partial charge < -0.3 is 10.1 Å². The molecule has 0 unspecified atom stereocenters. The number of methoxy groups -OCH3 is 1. The minimum atomic E-state index is -0.568. The van der Waals surface area contributed by atoms with Crippen LogP contribution in [0.5, 0.6) is 0 Å². The molecule has 3 rings (SSSR count). The van der Waals surface area contributed by atoms with Crippen LogP contribution in [0.25, 0.3) is 10.8 Å². The van der Waals surface area contributed by atoms with E-state index in [1.54, 1.807) is 25.1 Å². The number of ether oxygens (including phenoxy) is 1. The molecule has 0 radical (unpaired) electrons. The molecular formula is C16H14N4O4S. The van der Waals surface area contributed by atoms with Crippen molar-refractivity contribution < 1.29 is 14.3 Å². The summed E-state index contributed by atoms with van der Waals surface area (Å²) >= 11 is 1.15. The number of hydrogen-bond acceptors (Lipinski definition) is 7. The third-order valence-corrected chi connectivity index (χ3v) is 4.36. The first-order valence-electron chi connectivity index (χ1n) is 7.30. The first-order valence-corrected chi connectivity index (χ1v) is 8.11. The Balaban J connectivity index is 1.78. The Morgan fingerprint density at radius 2 is 2.08 bits per heavy atom. The second kappa shape index (κ2) is 6.81. The van der Waals surface area contributed by atoms with Crippen molar-refractivity contribution in [3.63, 3.8) is 0 Å². The lowest BCUT2D eigenvalue weighted by molar-refractivity contribution is -0.117. The van der Waals surface area contributed by atoms with Crippen molar-refractivity contribution in [3.8, 4) is 0 Å². The lowest BCUT2D eigenvalue weighted by Crippen LogP contribution is -2.29. The summed E-state index contributed by atoms with van der Waals surface area (Å²) in [6.07, 6.45) is 1.53. The number of esters is 1. The van der Waals surface area contributed by atoms with Crippen LogP contribution in [-0.4, -0.2) is 33.8 Å². The van der Waals surface area contributed by atoms with E-state index in [0.29, 0.717) is 15.6 Å². The highest BCUT2D eigenvalue weighted by Crippen LogP contribution is 2.22. The maximum absolute atomic E-state index is 12.3. The molecule has 1 amide bonds. The average molecular weight is 358 g/mol. The van der Waals surface area contributed by atoms with E-state index < -0.39 is 11.9 Å². The van der Waals surface area contributed by atoms with Gasteiger partial charge in [-0.25, -0.2) is 14.5 Å². The Morgan fingerprint density at radius 1 is 1.32 bits per heavy atom. The fraction of sp³-hybridized carbons (Fsp3) is 0.188. The Bertz CT molecular complexity index is 1020. The monoisotopic (exact) mass is 358 g/mol. The molecule has 2 heterocycles. The lowest BCUT2D eigenvalue weighted by atomic mass is 10.2. The molecule has 1 aromatic carbocycles. The van der Waals surface area contributed by atoms with Crippen molar-refractivity contribution in [2.45, 2.75) is 13.5 Å². The predicted molar refractivity (Wildman–Crippen MR) is 92.8 cm³/mol. The predicted octanol–water partition coefficient (Wildman–Crippen LogP) is 1.59. The van der Waals surface area contributed by atoms with Crippen LogP contribution in [0.15, 0.2) is 35.3 Å². The van der Waals surface area contributed by atoms with Gasteiger partial charge in [-0.3, -0.25) is 9.59 Å². The molecule has 0 aliphatic carbocycles. The molecule has 0 aliphatic heterocycles. The van der Waals surface area contributed by atoms with E-state index >= 15 is 0 Å². The van der Waals surface area contributed by atoms with E-state index in [1.165, 1.54) is 13.3 Å². The molecule has 128 valence electrons. The smallest absolute Gasteiger partial charge is 0.357 e. The van der Waals surface area contributed by atoms with Gasteiger partial charge in [0.05, 0.1) is 18.7 Å². The molecule has 0 atom stereocenters. The summed E-state index contributed by atoms with van der Waals surface area (Å²) in [7, 11) is 1.26. The second-order valence-electron chi connectivity index (χ2n) is 5.16. The third kappa shape index (κ3) is 3.41. The summed E-state index contributed by atoms with van der Waals surface area (Å²) in [5, 5.41) is 8.03. The van der Waals surface area contributed by atoms with Crippen LogP contribution in [0.2, 0.25) is 0 Å². The minimum Gasteiger partial charge on any atom is -0.464 e. The van der Waals surface area contributed by atoms with Crippen LogP contribution >= 0.6 is 11.3 Å². The highest BCUT2D eigenvalue weighted by Gasteiger charge is 2.17. The summed E-state index contributed by atoms with van der Waals surface area (Å²) in [6, 6.07) is 7.02. The molecule has 0 aliphatic rings. The number of thiazole rings is 1. The zero-order valence-electron chi connectivity index (χ0n) is 13.5. The van der Waals surface area contributed by atoms with Crippen molar-refractivity contribution in [3.05, 3.63) is 51.4 Å². The van der Waals surface area contributed by atoms with Gasteiger partial charge in [-0.05, 0) is 13.0 Å².